The maximum Gasteiger partial charge on any atom is 2.00 e. The Morgan fingerprint density at radius 3 is 1.03 bits per heavy atom. The zero-order valence-electron chi connectivity index (χ0n) is 17.4. The molecule has 3 aromatic heterocycles. The van der Waals surface area contributed by atoms with Crippen molar-refractivity contribution in [1.82, 2.24) is 15.0 Å². The van der Waals surface area contributed by atoms with Gasteiger partial charge in [0.05, 0.1) is 28.8 Å². The van der Waals surface area contributed by atoms with Gasteiger partial charge in [-0.25, -0.2) is 4.98 Å². The van der Waals surface area contributed by atoms with Gasteiger partial charge < -0.3 is 0 Å². The van der Waals surface area contributed by atoms with Crippen LogP contribution in [0.5, 0.6) is 0 Å². The Morgan fingerprint density at radius 1 is 0.556 bits per heavy atom. The predicted octanol–water partition coefficient (Wildman–Crippen LogP) is 10.5. The number of aromatic nitrogens is 3. The maximum absolute atomic E-state index is 10.7. The average molecular weight is 671 g/mol. The molecule has 36 heavy (non-hydrogen) atoms. The predicted molar refractivity (Wildman–Crippen MR) is 109 cm³/mol. The third-order valence-electron chi connectivity index (χ3n) is 2.60. The summed E-state index contributed by atoms with van der Waals surface area (Å²) in [6.07, 6.45) is 3.54. The molecule has 0 fully saturated rings. The second-order valence-electron chi connectivity index (χ2n) is 5.98. The van der Waals surface area contributed by atoms with E-state index in [0.717, 1.165) is 22.8 Å². The Kier molecular flexibility index (Phi) is 10.9. The van der Waals surface area contributed by atoms with Crippen LogP contribution in [0.3, 0.4) is 0 Å². The molecular weight excluding hydrogens is 657 g/mol. The van der Waals surface area contributed by atoms with E-state index >= 15 is 0 Å². The fourth-order valence-corrected chi connectivity index (χ4v) is 1.75. The molecule has 4 nitrogen and oxygen atoms in total. The van der Waals surface area contributed by atoms with Crippen LogP contribution in [0, 0.1) is 11.3 Å². The van der Waals surface area contributed by atoms with Crippen molar-refractivity contribution in [2.45, 2.75) is 6.92 Å². The second-order valence-corrected chi connectivity index (χ2v) is 9.81. The topological polar surface area (TPSA) is 62.5 Å². The van der Waals surface area contributed by atoms with Crippen molar-refractivity contribution in [3.63, 3.8) is 0 Å². The minimum Gasteiger partial charge on any atom is -0.255 e. The first-order valence-electron chi connectivity index (χ1n) is 8.48. The maximum atomic E-state index is 9.87. The van der Waals surface area contributed by atoms with Crippen molar-refractivity contribution in [2.24, 2.45) is 0 Å². The summed E-state index contributed by atoms with van der Waals surface area (Å²) in [5.74, 6) is 0. The van der Waals surface area contributed by atoms with Crippen molar-refractivity contribution in [1.29, 1.82) is 5.26 Å². The Labute approximate surface area is 209 Å². The van der Waals surface area contributed by atoms with Gasteiger partial charge in [-0.3, -0.25) is 9.97 Å². The molecule has 0 amide bonds. The van der Waals surface area contributed by atoms with Gasteiger partial charge in [-0.05, 0) is 36.4 Å². The van der Waals surface area contributed by atoms with Crippen molar-refractivity contribution >= 4 is 15.6 Å². The molecule has 3 heterocycles. The van der Waals surface area contributed by atoms with Gasteiger partial charge in [0.1, 0.15) is 0 Å². The summed E-state index contributed by atoms with van der Waals surface area (Å²) in [5, 5.41) is 7.32. The van der Waals surface area contributed by atoms with Crippen LogP contribution in [0.4, 0.5) is 50.4 Å². The van der Waals surface area contributed by atoms with Crippen LogP contribution in [0.15, 0.2) is 67.0 Å². The van der Waals surface area contributed by atoms with Gasteiger partial charge in [0.25, 0.3) is 0 Å². The monoisotopic (exact) mass is 670 g/mol. The Morgan fingerprint density at radius 2 is 0.806 bits per heavy atom. The molecule has 0 saturated heterocycles. The standard InChI is InChI=1S/C15H11N3.C2H3N.2F6P.Pd/c1-3-10-16-12(6-1)14-8-5-9-15(18-14)13-7-2-4-11-17-13;1-2-3;2*1-7(2,3,4,5)6;/h1-11H;1H3;;;/q;;2*-1;+2. The number of hydrogen-bond acceptors (Lipinski definition) is 4. The van der Waals surface area contributed by atoms with E-state index < -0.39 is 15.6 Å². The largest absolute Gasteiger partial charge is 2.00 e. The third kappa shape index (κ3) is 29.7. The van der Waals surface area contributed by atoms with Crippen molar-refractivity contribution in [3.8, 4) is 28.8 Å². The van der Waals surface area contributed by atoms with Gasteiger partial charge in [-0.2, -0.15) is 5.26 Å². The summed E-state index contributed by atoms with van der Waals surface area (Å²) in [4.78, 5) is 13.2. The molecule has 0 atom stereocenters. The quantitative estimate of drug-likeness (QED) is 0.155. The molecule has 0 aromatic carbocycles. The SMILES string of the molecule is CC#N.F[P-](F)(F)(F)(F)F.F[P-](F)(F)(F)(F)F.[Pd+2].c1ccc(-c2cccc(-c3ccccn3)n2)nc1. The molecule has 206 valence electrons. The van der Waals surface area contributed by atoms with Gasteiger partial charge in [-0.15, -0.1) is 0 Å². The molecule has 19 heteroatoms. The number of nitriles is 1. The molecule has 0 saturated carbocycles. The molecular formula is C17H14F12N4P2Pd. The minimum absolute atomic E-state index is 0. The van der Waals surface area contributed by atoms with Crippen LogP contribution in [0.2, 0.25) is 0 Å². The number of nitrogens with zero attached hydrogens (tertiary/aromatic N) is 4. The summed E-state index contributed by atoms with van der Waals surface area (Å²) < 4.78 is 118. The molecule has 0 bridgehead atoms. The number of halogens is 12. The van der Waals surface area contributed by atoms with Crippen molar-refractivity contribution in [2.75, 3.05) is 0 Å². The molecule has 3 aromatic rings. The van der Waals surface area contributed by atoms with E-state index in [1.807, 2.05) is 54.6 Å². The van der Waals surface area contributed by atoms with Crippen LogP contribution < -0.4 is 0 Å². The van der Waals surface area contributed by atoms with Gasteiger partial charge in [0, 0.05) is 19.3 Å². The molecule has 0 aliphatic carbocycles. The minimum atomic E-state index is -10.7. The first-order chi connectivity index (χ1) is 15.2. The summed E-state index contributed by atoms with van der Waals surface area (Å²) in [6.45, 7) is 1.43. The van der Waals surface area contributed by atoms with E-state index in [0.29, 0.717) is 0 Å². The molecule has 0 aliphatic rings. The Bertz CT molecular complexity index is 1030. The van der Waals surface area contributed by atoms with Gasteiger partial charge in [0.2, 0.25) is 0 Å². The molecule has 0 aliphatic heterocycles. The molecule has 0 N–H and O–H groups in total. The van der Waals surface area contributed by atoms with Gasteiger partial charge in [0.15, 0.2) is 0 Å². The fraction of sp³-hybridized carbons (Fsp3) is 0.0588. The average Bonchev–Trinajstić information content (AvgIpc) is 2.65. The molecule has 0 unspecified atom stereocenters. The van der Waals surface area contributed by atoms with E-state index in [1.54, 1.807) is 18.5 Å². The zero-order chi connectivity index (χ0) is 27.7. The normalized spacial score (nSPS) is 14.3. The molecule has 0 radical (unpaired) electrons. The van der Waals surface area contributed by atoms with Crippen molar-refractivity contribution < 1.29 is 70.8 Å². The first-order valence-corrected chi connectivity index (χ1v) is 12.5. The molecule has 0 spiro atoms. The third-order valence-corrected chi connectivity index (χ3v) is 2.60. The smallest absolute Gasteiger partial charge is 0.255 e. The van der Waals surface area contributed by atoms with E-state index in [9.17, 15) is 50.4 Å². The van der Waals surface area contributed by atoms with Crippen LogP contribution in [0.1, 0.15) is 6.92 Å². The number of rotatable bonds is 2. The summed E-state index contributed by atoms with van der Waals surface area (Å²) in [6, 6.07) is 19.2. The summed E-state index contributed by atoms with van der Waals surface area (Å²) in [5.41, 5.74) is 3.46. The van der Waals surface area contributed by atoms with Crippen LogP contribution in [-0.2, 0) is 20.4 Å². The summed E-state index contributed by atoms with van der Waals surface area (Å²) in [7, 11) is -21.3. The molecule has 3 rings (SSSR count). The van der Waals surface area contributed by atoms with Gasteiger partial charge >= 0.3 is 86.4 Å². The first kappa shape index (κ1) is 35.8. The van der Waals surface area contributed by atoms with Crippen LogP contribution >= 0.6 is 15.6 Å². The zero-order valence-corrected chi connectivity index (χ0v) is 20.7. The van der Waals surface area contributed by atoms with E-state index in [1.165, 1.54) is 6.92 Å². The second kappa shape index (κ2) is 10.9. The Balaban J connectivity index is 0. The fourth-order valence-electron chi connectivity index (χ4n) is 1.75. The number of hydrogen-bond donors (Lipinski definition) is 0. The van der Waals surface area contributed by atoms with E-state index in [4.69, 9.17) is 5.26 Å². The van der Waals surface area contributed by atoms with E-state index in [2.05, 4.69) is 15.0 Å². The summed E-state index contributed by atoms with van der Waals surface area (Å²) >= 11 is 0. The van der Waals surface area contributed by atoms with E-state index in [-0.39, 0.29) is 20.4 Å². The van der Waals surface area contributed by atoms with Gasteiger partial charge in [-0.1, -0.05) is 18.2 Å². The van der Waals surface area contributed by atoms with Crippen molar-refractivity contribution in [3.05, 3.63) is 67.0 Å². The Hall–Kier alpha value is -2.38. The number of pyridine rings is 3. The van der Waals surface area contributed by atoms with Crippen LogP contribution in [0.25, 0.3) is 22.8 Å². The van der Waals surface area contributed by atoms with Crippen LogP contribution in [-0.4, -0.2) is 15.0 Å².